The molecule has 162 valence electrons. The van der Waals surface area contributed by atoms with Gasteiger partial charge in [0.1, 0.15) is 11.5 Å². The Labute approximate surface area is 182 Å². The quantitative estimate of drug-likeness (QED) is 0.643. The highest BCUT2D eigenvalue weighted by molar-refractivity contribution is 5.95. The van der Waals surface area contributed by atoms with Crippen molar-refractivity contribution in [3.8, 4) is 0 Å². The molecule has 0 bridgehead atoms. The molecule has 0 saturated carbocycles. The molecule has 7 nitrogen and oxygen atoms in total. The standard InChI is InChI=1S/C24H28N4O3/c1-16-11-21(17(2)30-16)22(29)28-10-9-20-13-27(12-19-7-5-4-6-8-19)14-24(20,15-28)23-25-18(3)31-26-23/h4-8,11,20H,9-10,12-15H2,1-3H3/t20-,24+/m0/s1. The van der Waals surface area contributed by atoms with E-state index in [0.717, 1.165) is 44.2 Å². The van der Waals surface area contributed by atoms with Crippen LogP contribution >= 0.6 is 0 Å². The summed E-state index contributed by atoms with van der Waals surface area (Å²) in [7, 11) is 0. The van der Waals surface area contributed by atoms with Crippen molar-refractivity contribution in [3.05, 3.63) is 70.8 Å². The van der Waals surface area contributed by atoms with E-state index < -0.39 is 0 Å². The minimum Gasteiger partial charge on any atom is -0.466 e. The lowest BCUT2D eigenvalue weighted by Crippen LogP contribution is -2.54. The number of aryl methyl sites for hydroxylation is 3. The van der Waals surface area contributed by atoms with Crippen LogP contribution in [-0.4, -0.2) is 52.0 Å². The van der Waals surface area contributed by atoms with Crippen molar-refractivity contribution in [1.82, 2.24) is 19.9 Å². The van der Waals surface area contributed by atoms with Gasteiger partial charge in [0.2, 0.25) is 5.89 Å². The number of benzene rings is 1. The Morgan fingerprint density at radius 3 is 2.68 bits per heavy atom. The summed E-state index contributed by atoms with van der Waals surface area (Å²) in [6.07, 6.45) is 0.917. The van der Waals surface area contributed by atoms with E-state index in [4.69, 9.17) is 8.94 Å². The second-order valence-corrected chi connectivity index (χ2v) is 8.99. The maximum absolute atomic E-state index is 13.4. The van der Waals surface area contributed by atoms with Crippen LogP contribution in [-0.2, 0) is 12.0 Å². The molecule has 2 saturated heterocycles. The number of amides is 1. The molecule has 4 heterocycles. The molecule has 2 atom stereocenters. The van der Waals surface area contributed by atoms with Crippen molar-refractivity contribution in [2.45, 2.75) is 39.2 Å². The van der Waals surface area contributed by atoms with Crippen LogP contribution in [0, 0.1) is 26.7 Å². The second-order valence-electron chi connectivity index (χ2n) is 8.99. The fourth-order valence-corrected chi connectivity index (χ4v) is 5.33. The van der Waals surface area contributed by atoms with Crippen molar-refractivity contribution >= 4 is 5.91 Å². The molecule has 0 radical (unpaired) electrons. The first-order valence-corrected chi connectivity index (χ1v) is 10.9. The first kappa shape index (κ1) is 20.0. The van der Waals surface area contributed by atoms with Crippen LogP contribution in [0.5, 0.6) is 0 Å². The molecule has 0 unspecified atom stereocenters. The van der Waals surface area contributed by atoms with Crippen molar-refractivity contribution in [2.75, 3.05) is 26.2 Å². The molecule has 1 aromatic carbocycles. The average molecular weight is 421 g/mol. The fraction of sp³-hybridized carbons (Fsp3) is 0.458. The summed E-state index contributed by atoms with van der Waals surface area (Å²) in [5.41, 5.74) is 1.61. The third-order valence-corrected chi connectivity index (χ3v) is 6.77. The Morgan fingerprint density at radius 1 is 1.19 bits per heavy atom. The Bertz CT molecular complexity index is 1090. The van der Waals surface area contributed by atoms with E-state index in [2.05, 4.69) is 39.3 Å². The Morgan fingerprint density at radius 2 is 2.00 bits per heavy atom. The molecule has 0 N–H and O–H groups in total. The summed E-state index contributed by atoms with van der Waals surface area (Å²) in [4.78, 5) is 22.4. The highest BCUT2D eigenvalue weighted by Gasteiger charge is 2.54. The van der Waals surface area contributed by atoms with E-state index in [1.54, 1.807) is 0 Å². The number of hydrogen-bond acceptors (Lipinski definition) is 6. The fourth-order valence-electron chi connectivity index (χ4n) is 5.33. The van der Waals surface area contributed by atoms with Gasteiger partial charge in [-0.2, -0.15) is 4.98 Å². The molecule has 1 amide bonds. The molecule has 2 aliphatic rings. The number of carbonyl (C=O) groups is 1. The van der Waals surface area contributed by atoms with Gasteiger partial charge in [-0.15, -0.1) is 0 Å². The van der Waals surface area contributed by atoms with Gasteiger partial charge in [0.25, 0.3) is 5.91 Å². The molecular weight excluding hydrogens is 392 g/mol. The van der Waals surface area contributed by atoms with Gasteiger partial charge in [-0.3, -0.25) is 9.69 Å². The van der Waals surface area contributed by atoms with Crippen LogP contribution in [0.2, 0.25) is 0 Å². The zero-order valence-corrected chi connectivity index (χ0v) is 18.3. The van der Waals surface area contributed by atoms with E-state index in [0.29, 0.717) is 29.7 Å². The van der Waals surface area contributed by atoms with E-state index in [1.165, 1.54) is 5.56 Å². The number of carbonyl (C=O) groups excluding carboxylic acids is 1. The van der Waals surface area contributed by atoms with Gasteiger partial charge in [-0.05, 0) is 37.8 Å². The number of hydrogen-bond donors (Lipinski definition) is 0. The van der Waals surface area contributed by atoms with Crippen molar-refractivity contribution in [3.63, 3.8) is 0 Å². The number of aromatic nitrogens is 2. The third-order valence-electron chi connectivity index (χ3n) is 6.77. The zero-order chi connectivity index (χ0) is 21.6. The topological polar surface area (TPSA) is 75.6 Å². The van der Waals surface area contributed by atoms with Crippen LogP contribution in [0.15, 0.2) is 45.3 Å². The summed E-state index contributed by atoms with van der Waals surface area (Å²) in [5.74, 6) is 3.12. The average Bonchev–Trinajstić information content (AvgIpc) is 3.44. The summed E-state index contributed by atoms with van der Waals surface area (Å²) in [5, 5.41) is 4.33. The lowest BCUT2D eigenvalue weighted by Gasteiger charge is -2.42. The lowest BCUT2D eigenvalue weighted by molar-refractivity contribution is 0.0572. The molecule has 31 heavy (non-hydrogen) atoms. The summed E-state index contributed by atoms with van der Waals surface area (Å²) >= 11 is 0. The van der Waals surface area contributed by atoms with E-state index in [-0.39, 0.29) is 11.3 Å². The second kappa shape index (κ2) is 7.64. The highest BCUT2D eigenvalue weighted by Crippen LogP contribution is 2.44. The number of rotatable bonds is 4. The summed E-state index contributed by atoms with van der Waals surface area (Å²) in [6.45, 7) is 9.51. The zero-order valence-electron chi connectivity index (χ0n) is 18.3. The Hall–Kier alpha value is -2.93. The number of nitrogens with zero attached hydrogens (tertiary/aromatic N) is 4. The van der Waals surface area contributed by atoms with Crippen molar-refractivity contribution < 1.29 is 13.7 Å². The first-order valence-electron chi connectivity index (χ1n) is 10.9. The monoisotopic (exact) mass is 420 g/mol. The maximum atomic E-state index is 13.4. The molecule has 0 spiro atoms. The predicted molar refractivity (Wildman–Crippen MR) is 115 cm³/mol. The van der Waals surface area contributed by atoms with E-state index in [1.807, 2.05) is 37.8 Å². The Kier molecular flexibility index (Phi) is 4.93. The smallest absolute Gasteiger partial charge is 0.257 e. The molecule has 5 rings (SSSR count). The van der Waals surface area contributed by atoms with Crippen molar-refractivity contribution in [1.29, 1.82) is 0 Å². The summed E-state index contributed by atoms with van der Waals surface area (Å²) < 4.78 is 11.0. The third kappa shape index (κ3) is 3.57. The molecular formula is C24H28N4O3. The number of furan rings is 1. The molecule has 7 heteroatoms. The summed E-state index contributed by atoms with van der Waals surface area (Å²) in [6, 6.07) is 12.4. The molecule has 3 aromatic rings. The normalized spacial score (nSPS) is 23.8. The van der Waals surface area contributed by atoms with Crippen LogP contribution in [0.1, 0.15) is 45.6 Å². The minimum absolute atomic E-state index is 0.0221. The van der Waals surface area contributed by atoms with Gasteiger partial charge in [0, 0.05) is 39.6 Å². The molecule has 2 aromatic heterocycles. The van der Waals surface area contributed by atoms with E-state index in [9.17, 15) is 4.79 Å². The van der Waals surface area contributed by atoms with Gasteiger partial charge in [0.05, 0.1) is 11.0 Å². The number of piperidine rings is 1. The number of fused-ring (bicyclic) bond motifs is 1. The molecule has 2 aliphatic heterocycles. The first-order chi connectivity index (χ1) is 14.9. The van der Waals surface area contributed by atoms with Crippen LogP contribution in [0.25, 0.3) is 0 Å². The van der Waals surface area contributed by atoms with Gasteiger partial charge >= 0.3 is 0 Å². The Balaban J connectivity index is 1.45. The predicted octanol–water partition coefficient (Wildman–Crippen LogP) is 3.50. The molecule has 2 fully saturated rings. The highest BCUT2D eigenvalue weighted by atomic mass is 16.5. The molecule has 0 aliphatic carbocycles. The van der Waals surface area contributed by atoms with Crippen LogP contribution in [0.4, 0.5) is 0 Å². The largest absolute Gasteiger partial charge is 0.466 e. The minimum atomic E-state index is -0.326. The lowest BCUT2D eigenvalue weighted by atomic mass is 9.72. The van der Waals surface area contributed by atoms with Gasteiger partial charge in [0.15, 0.2) is 5.82 Å². The van der Waals surface area contributed by atoms with Gasteiger partial charge < -0.3 is 13.8 Å². The van der Waals surface area contributed by atoms with Crippen LogP contribution < -0.4 is 0 Å². The number of likely N-dealkylation sites (tertiary alicyclic amines) is 2. The maximum Gasteiger partial charge on any atom is 0.257 e. The van der Waals surface area contributed by atoms with Gasteiger partial charge in [-0.25, -0.2) is 0 Å². The van der Waals surface area contributed by atoms with Crippen molar-refractivity contribution in [2.24, 2.45) is 5.92 Å². The SMILES string of the molecule is Cc1cc(C(=O)N2CC[C@H]3CN(Cc4ccccc4)C[C@@]3(c3noc(C)n3)C2)c(C)o1. The van der Waals surface area contributed by atoms with Gasteiger partial charge in [-0.1, -0.05) is 35.5 Å². The van der Waals surface area contributed by atoms with Crippen LogP contribution in [0.3, 0.4) is 0 Å². The van der Waals surface area contributed by atoms with E-state index >= 15 is 0 Å².